The number of anilines is 2. The van der Waals surface area contributed by atoms with Crippen LogP contribution in [-0.2, 0) is 11.3 Å². The predicted octanol–water partition coefficient (Wildman–Crippen LogP) is 6.07. The molecule has 0 heterocycles. The Balaban J connectivity index is 1.52. The van der Waals surface area contributed by atoms with Crippen molar-refractivity contribution < 1.29 is 13.9 Å². The van der Waals surface area contributed by atoms with E-state index in [-0.39, 0.29) is 18.3 Å². The van der Waals surface area contributed by atoms with Gasteiger partial charge in [-0.05, 0) is 66.6 Å². The summed E-state index contributed by atoms with van der Waals surface area (Å²) >= 11 is 12.4. The van der Waals surface area contributed by atoms with E-state index >= 15 is 0 Å². The Labute approximate surface area is 178 Å². The summed E-state index contributed by atoms with van der Waals surface area (Å²) in [4.78, 5) is 12.0. The van der Waals surface area contributed by atoms with Crippen molar-refractivity contribution in [2.75, 3.05) is 17.2 Å². The number of nitrogens with one attached hydrogen (secondary N) is 2. The van der Waals surface area contributed by atoms with Gasteiger partial charge >= 0.3 is 0 Å². The van der Waals surface area contributed by atoms with Crippen LogP contribution in [0.25, 0.3) is 0 Å². The summed E-state index contributed by atoms with van der Waals surface area (Å²) in [5, 5.41) is 7.01. The molecule has 0 radical (unpaired) electrons. The van der Waals surface area contributed by atoms with Crippen LogP contribution in [0.1, 0.15) is 11.1 Å². The average molecular weight is 433 g/mol. The quantitative estimate of drug-likeness (QED) is 0.476. The minimum Gasteiger partial charge on any atom is -0.482 e. The Hall–Kier alpha value is -2.76. The summed E-state index contributed by atoms with van der Waals surface area (Å²) in [6, 6.07) is 16.6. The standard InChI is InChI=1S/C22H19Cl2FN2O2/c1-14-2-6-18(11-19(14)23)26-12-15-3-9-21(20(24)10-15)29-13-22(28)27-17-7-4-16(25)5-8-17/h2-11,26H,12-13H2,1H3,(H,27,28). The summed E-state index contributed by atoms with van der Waals surface area (Å²) in [6.07, 6.45) is 0. The van der Waals surface area contributed by atoms with Crippen LogP contribution >= 0.6 is 23.2 Å². The molecule has 0 saturated heterocycles. The maximum Gasteiger partial charge on any atom is 0.262 e. The van der Waals surface area contributed by atoms with Crippen molar-refractivity contribution >= 4 is 40.5 Å². The highest BCUT2D eigenvalue weighted by Crippen LogP contribution is 2.26. The molecule has 0 aliphatic heterocycles. The van der Waals surface area contributed by atoms with Crippen LogP contribution in [0.4, 0.5) is 15.8 Å². The first-order chi connectivity index (χ1) is 13.9. The van der Waals surface area contributed by atoms with E-state index < -0.39 is 0 Å². The second-order valence-corrected chi connectivity index (χ2v) is 7.24. The second-order valence-electron chi connectivity index (χ2n) is 6.43. The molecule has 3 aromatic carbocycles. The Morgan fingerprint density at radius 2 is 1.69 bits per heavy atom. The highest BCUT2D eigenvalue weighted by atomic mass is 35.5. The number of hydrogen-bond acceptors (Lipinski definition) is 3. The average Bonchev–Trinajstić information content (AvgIpc) is 2.70. The van der Waals surface area contributed by atoms with Gasteiger partial charge in [-0.3, -0.25) is 4.79 Å². The maximum absolute atomic E-state index is 12.9. The van der Waals surface area contributed by atoms with Crippen molar-refractivity contribution in [1.82, 2.24) is 0 Å². The van der Waals surface area contributed by atoms with Crippen LogP contribution < -0.4 is 15.4 Å². The van der Waals surface area contributed by atoms with Crippen LogP contribution in [-0.4, -0.2) is 12.5 Å². The summed E-state index contributed by atoms with van der Waals surface area (Å²) < 4.78 is 18.4. The Kier molecular flexibility index (Phi) is 6.96. The molecule has 29 heavy (non-hydrogen) atoms. The van der Waals surface area contributed by atoms with Gasteiger partial charge in [0.25, 0.3) is 5.91 Å². The molecule has 0 aliphatic carbocycles. The highest BCUT2D eigenvalue weighted by molar-refractivity contribution is 6.32. The lowest BCUT2D eigenvalue weighted by Crippen LogP contribution is -2.20. The number of hydrogen-bond donors (Lipinski definition) is 2. The van der Waals surface area contributed by atoms with Gasteiger partial charge in [0.05, 0.1) is 5.02 Å². The van der Waals surface area contributed by atoms with E-state index in [1.54, 1.807) is 12.1 Å². The molecular weight excluding hydrogens is 414 g/mol. The van der Waals surface area contributed by atoms with Crippen molar-refractivity contribution in [3.05, 3.63) is 87.7 Å². The van der Waals surface area contributed by atoms with E-state index in [4.69, 9.17) is 27.9 Å². The van der Waals surface area contributed by atoms with Crippen LogP contribution in [0.2, 0.25) is 10.0 Å². The van der Waals surface area contributed by atoms with Gasteiger partial charge in [0.15, 0.2) is 6.61 Å². The number of amides is 1. The number of carbonyl (C=O) groups is 1. The van der Waals surface area contributed by atoms with Crippen molar-refractivity contribution in [3.63, 3.8) is 0 Å². The van der Waals surface area contributed by atoms with E-state index in [1.807, 2.05) is 31.2 Å². The summed E-state index contributed by atoms with van der Waals surface area (Å²) in [7, 11) is 0. The first-order valence-electron chi connectivity index (χ1n) is 8.87. The first-order valence-corrected chi connectivity index (χ1v) is 9.63. The molecule has 3 rings (SSSR count). The zero-order valence-corrected chi connectivity index (χ0v) is 17.1. The zero-order chi connectivity index (χ0) is 20.8. The van der Waals surface area contributed by atoms with Crippen molar-refractivity contribution in [2.24, 2.45) is 0 Å². The van der Waals surface area contributed by atoms with Gasteiger partial charge < -0.3 is 15.4 Å². The molecule has 150 valence electrons. The van der Waals surface area contributed by atoms with Crippen molar-refractivity contribution in [2.45, 2.75) is 13.5 Å². The zero-order valence-electron chi connectivity index (χ0n) is 15.6. The lowest BCUT2D eigenvalue weighted by atomic mass is 10.2. The third kappa shape index (κ3) is 6.11. The lowest BCUT2D eigenvalue weighted by Gasteiger charge is -2.11. The number of ether oxygens (including phenoxy) is 1. The molecule has 2 N–H and O–H groups in total. The fraction of sp³-hybridized carbons (Fsp3) is 0.136. The van der Waals surface area contributed by atoms with Gasteiger partial charge in [0.2, 0.25) is 0 Å². The summed E-state index contributed by atoms with van der Waals surface area (Å²) in [5.41, 5.74) is 3.37. The topological polar surface area (TPSA) is 50.4 Å². The molecular formula is C22H19Cl2FN2O2. The number of carbonyl (C=O) groups excluding carboxylic acids is 1. The van der Waals surface area contributed by atoms with Crippen LogP contribution in [0.15, 0.2) is 60.7 Å². The van der Waals surface area contributed by atoms with Crippen LogP contribution in [0, 0.1) is 12.7 Å². The molecule has 7 heteroatoms. The predicted molar refractivity (Wildman–Crippen MR) is 115 cm³/mol. The summed E-state index contributed by atoms with van der Waals surface area (Å²) in [5.74, 6) is -0.330. The number of aryl methyl sites for hydroxylation is 1. The molecule has 3 aromatic rings. The van der Waals surface area contributed by atoms with Crippen LogP contribution in [0.5, 0.6) is 5.75 Å². The molecule has 1 amide bonds. The van der Waals surface area contributed by atoms with Gasteiger partial charge in [-0.2, -0.15) is 0 Å². The fourth-order valence-corrected chi connectivity index (χ4v) is 2.99. The molecule has 0 aromatic heterocycles. The minimum atomic E-state index is -0.369. The second kappa shape index (κ2) is 9.63. The highest BCUT2D eigenvalue weighted by Gasteiger charge is 2.08. The first kappa shape index (κ1) is 21.0. The molecule has 0 bridgehead atoms. The third-order valence-electron chi connectivity index (χ3n) is 4.15. The number of rotatable bonds is 7. The molecule has 4 nitrogen and oxygen atoms in total. The number of benzene rings is 3. The normalized spacial score (nSPS) is 10.5. The lowest BCUT2D eigenvalue weighted by molar-refractivity contribution is -0.118. The third-order valence-corrected chi connectivity index (χ3v) is 4.85. The monoisotopic (exact) mass is 432 g/mol. The van der Waals surface area contributed by atoms with Crippen LogP contribution in [0.3, 0.4) is 0 Å². The Morgan fingerprint density at radius 3 is 2.38 bits per heavy atom. The smallest absolute Gasteiger partial charge is 0.262 e. The molecule has 0 spiro atoms. The fourth-order valence-electron chi connectivity index (χ4n) is 2.55. The Morgan fingerprint density at radius 1 is 0.966 bits per heavy atom. The molecule has 0 fully saturated rings. The molecule has 0 atom stereocenters. The van der Waals surface area contributed by atoms with E-state index in [1.165, 1.54) is 24.3 Å². The van der Waals surface area contributed by atoms with Gasteiger partial charge in [-0.1, -0.05) is 35.3 Å². The molecule has 0 unspecified atom stereocenters. The Bertz CT molecular complexity index is 1010. The van der Waals surface area contributed by atoms with E-state index in [0.29, 0.717) is 28.0 Å². The largest absolute Gasteiger partial charge is 0.482 e. The van der Waals surface area contributed by atoms with Crippen molar-refractivity contribution in [1.29, 1.82) is 0 Å². The van der Waals surface area contributed by atoms with Gasteiger partial charge in [0.1, 0.15) is 11.6 Å². The summed E-state index contributed by atoms with van der Waals surface area (Å²) in [6.45, 7) is 2.30. The van der Waals surface area contributed by atoms with Gasteiger partial charge in [-0.25, -0.2) is 4.39 Å². The van der Waals surface area contributed by atoms with E-state index in [9.17, 15) is 9.18 Å². The van der Waals surface area contributed by atoms with Gasteiger partial charge in [-0.15, -0.1) is 0 Å². The SMILES string of the molecule is Cc1ccc(NCc2ccc(OCC(=O)Nc3ccc(F)cc3)c(Cl)c2)cc1Cl. The van der Waals surface area contributed by atoms with Gasteiger partial charge in [0, 0.05) is 22.9 Å². The molecule has 0 aliphatic rings. The van der Waals surface area contributed by atoms with E-state index in [2.05, 4.69) is 10.6 Å². The molecule has 0 saturated carbocycles. The number of halogens is 3. The maximum atomic E-state index is 12.9. The van der Waals surface area contributed by atoms with E-state index in [0.717, 1.165) is 16.8 Å². The minimum absolute atomic E-state index is 0.212. The van der Waals surface area contributed by atoms with Crippen molar-refractivity contribution in [3.8, 4) is 5.75 Å².